The molecule has 3 nitrogen and oxygen atoms in total. The number of benzene rings is 1. The first-order valence-electron chi connectivity index (χ1n) is 8.28. The minimum Gasteiger partial charge on any atom is -0.491 e. The van der Waals surface area contributed by atoms with Crippen molar-refractivity contribution in [2.75, 3.05) is 13.2 Å². The Morgan fingerprint density at radius 3 is 2.43 bits per heavy atom. The Hall–Kier alpha value is -1.06. The Balaban J connectivity index is 1.81. The van der Waals surface area contributed by atoms with Crippen LogP contribution in [0.1, 0.15) is 46.0 Å². The van der Waals surface area contributed by atoms with Crippen LogP contribution in [0.15, 0.2) is 30.3 Å². The topological polar surface area (TPSA) is 32.7 Å². The van der Waals surface area contributed by atoms with Crippen LogP contribution in [0.4, 0.5) is 0 Å². The third-order valence-electron chi connectivity index (χ3n) is 4.31. The number of para-hydroxylation sites is 1. The smallest absolute Gasteiger partial charge is 0.119 e. The van der Waals surface area contributed by atoms with Crippen molar-refractivity contribution in [2.24, 2.45) is 0 Å². The molecular formula is C18H29NO2. The third-order valence-corrected chi connectivity index (χ3v) is 4.31. The number of aliphatic hydroxyl groups is 1. The van der Waals surface area contributed by atoms with Crippen molar-refractivity contribution in [3.05, 3.63) is 30.3 Å². The Morgan fingerprint density at radius 2 is 1.81 bits per heavy atom. The van der Waals surface area contributed by atoms with Crippen LogP contribution in [0.25, 0.3) is 0 Å². The highest BCUT2D eigenvalue weighted by atomic mass is 16.5. The lowest BCUT2D eigenvalue weighted by Gasteiger charge is -2.38. The summed E-state index contributed by atoms with van der Waals surface area (Å²) in [6.07, 6.45) is 6.11. The van der Waals surface area contributed by atoms with Crippen molar-refractivity contribution in [2.45, 2.75) is 64.1 Å². The van der Waals surface area contributed by atoms with Crippen molar-refractivity contribution in [1.82, 2.24) is 4.90 Å². The van der Waals surface area contributed by atoms with E-state index in [1.54, 1.807) is 0 Å². The summed E-state index contributed by atoms with van der Waals surface area (Å²) in [4.78, 5) is 2.46. The quantitative estimate of drug-likeness (QED) is 0.835. The first-order valence-corrected chi connectivity index (χ1v) is 8.28. The van der Waals surface area contributed by atoms with Gasteiger partial charge in [0.1, 0.15) is 18.5 Å². The van der Waals surface area contributed by atoms with Gasteiger partial charge >= 0.3 is 0 Å². The van der Waals surface area contributed by atoms with Crippen LogP contribution < -0.4 is 4.74 Å². The molecule has 0 radical (unpaired) electrons. The van der Waals surface area contributed by atoms with E-state index in [1.165, 1.54) is 32.1 Å². The molecule has 0 saturated heterocycles. The molecule has 0 spiro atoms. The molecule has 3 heteroatoms. The van der Waals surface area contributed by atoms with Crippen molar-refractivity contribution >= 4 is 0 Å². The highest BCUT2D eigenvalue weighted by Gasteiger charge is 2.25. The molecule has 0 amide bonds. The van der Waals surface area contributed by atoms with Crippen molar-refractivity contribution in [1.29, 1.82) is 0 Å². The predicted octanol–water partition coefficient (Wildman–Crippen LogP) is 3.47. The average Bonchev–Trinajstić information content (AvgIpc) is 2.52. The largest absolute Gasteiger partial charge is 0.491 e. The lowest BCUT2D eigenvalue weighted by molar-refractivity contribution is 0.0287. The van der Waals surface area contributed by atoms with E-state index in [9.17, 15) is 5.11 Å². The molecule has 1 aromatic rings. The van der Waals surface area contributed by atoms with Gasteiger partial charge in [0.2, 0.25) is 0 Å². The zero-order valence-corrected chi connectivity index (χ0v) is 13.4. The van der Waals surface area contributed by atoms with E-state index in [0.717, 1.165) is 5.75 Å². The minimum atomic E-state index is -0.436. The van der Waals surface area contributed by atoms with Gasteiger partial charge in [0.25, 0.3) is 0 Å². The van der Waals surface area contributed by atoms with Crippen molar-refractivity contribution in [3.8, 4) is 5.75 Å². The molecule has 0 bridgehead atoms. The zero-order valence-electron chi connectivity index (χ0n) is 13.4. The molecule has 1 unspecified atom stereocenters. The van der Waals surface area contributed by atoms with Gasteiger partial charge in [0, 0.05) is 18.6 Å². The predicted molar refractivity (Wildman–Crippen MR) is 86.7 cm³/mol. The highest BCUT2D eigenvalue weighted by Crippen LogP contribution is 2.24. The highest BCUT2D eigenvalue weighted by molar-refractivity contribution is 5.20. The summed E-state index contributed by atoms with van der Waals surface area (Å²) in [5, 5.41) is 10.3. The summed E-state index contributed by atoms with van der Waals surface area (Å²) in [7, 11) is 0. The van der Waals surface area contributed by atoms with Gasteiger partial charge in [-0.1, -0.05) is 37.5 Å². The van der Waals surface area contributed by atoms with E-state index in [-0.39, 0.29) is 0 Å². The Labute approximate surface area is 128 Å². The number of nitrogens with zero attached hydrogens (tertiary/aromatic N) is 1. The van der Waals surface area contributed by atoms with Crippen LogP contribution >= 0.6 is 0 Å². The van der Waals surface area contributed by atoms with E-state index in [1.807, 2.05) is 30.3 Å². The Bertz CT molecular complexity index is 387. The molecule has 1 aromatic carbocycles. The van der Waals surface area contributed by atoms with Gasteiger partial charge in [-0.25, -0.2) is 0 Å². The van der Waals surface area contributed by atoms with Crippen molar-refractivity contribution < 1.29 is 9.84 Å². The summed E-state index contributed by atoms with van der Waals surface area (Å²) in [5.41, 5.74) is 0. The molecule has 1 fully saturated rings. The molecule has 0 aromatic heterocycles. The number of rotatable bonds is 7. The maximum Gasteiger partial charge on any atom is 0.119 e. The van der Waals surface area contributed by atoms with E-state index in [2.05, 4.69) is 18.7 Å². The van der Waals surface area contributed by atoms with Gasteiger partial charge in [0.15, 0.2) is 0 Å². The fourth-order valence-corrected chi connectivity index (χ4v) is 3.20. The maximum absolute atomic E-state index is 10.3. The Morgan fingerprint density at radius 1 is 1.14 bits per heavy atom. The summed E-state index contributed by atoms with van der Waals surface area (Å²) in [6, 6.07) is 10.8. The molecule has 21 heavy (non-hydrogen) atoms. The molecule has 0 heterocycles. The standard InChI is InChI=1S/C18H29NO2/c1-15(2)19(16-9-5-3-6-10-16)13-17(20)14-21-18-11-7-4-8-12-18/h4,7-8,11-12,15-17,20H,3,5-6,9-10,13-14H2,1-2H3. The molecular weight excluding hydrogens is 262 g/mol. The lowest BCUT2D eigenvalue weighted by atomic mass is 9.93. The molecule has 1 saturated carbocycles. The van der Waals surface area contributed by atoms with Crippen LogP contribution in [0.3, 0.4) is 0 Å². The zero-order chi connectivity index (χ0) is 15.1. The van der Waals surface area contributed by atoms with Gasteiger partial charge in [0.05, 0.1) is 0 Å². The molecule has 1 N–H and O–H groups in total. The first kappa shape index (κ1) is 16.3. The van der Waals surface area contributed by atoms with Crippen molar-refractivity contribution in [3.63, 3.8) is 0 Å². The summed E-state index contributed by atoms with van der Waals surface area (Å²) >= 11 is 0. The van der Waals surface area contributed by atoms with Gasteiger partial charge in [-0.05, 0) is 38.8 Å². The van der Waals surface area contributed by atoms with Gasteiger partial charge in [-0.15, -0.1) is 0 Å². The minimum absolute atomic E-state index is 0.361. The second kappa shape index (κ2) is 8.40. The number of hydrogen-bond acceptors (Lipinski definition) is 3. The number of aliphatic hydroxyl groups excluding tert-OH is 1. The van der Waals surface area contributed by atoms with Crippen LogP contribution in [0, 0.1) is 0 Å². The lowest BCUT2D eigenvalue weighted by Crippen LogP contribution is -2.46. The number of hydrogen-bond donors (Lipinski definition) is 1. The van der Waals surface area contributed by atoms with Crippen LogP contribution in [0.5, 0.6) is 5.75 Å². The monoisotopic (exact) mass is 291 g/mol. The normalized spacial score (nSPS) is 18.1. The van der Waals surface area contributed by atoms with Crippen LogP contribution in [-0.4, -0.2) is 41.3 Å². The van der Waals surface area contributed by atoms with E-state index in [0.29, 0.717) is 25.2 Å². The summed E-state index contributed by atoms with van der Waals surface area (Å²) in [6.45, 7) is 5.51. The Kier molecular flexibility index (Phi) is 6.52. The van der Waals surface area contributed by atoms with Crippen LogP contribution in [-0.2, 0) is 0 Å². The molecule has 0 aliphatic heterocycles. The van der Waals surface area contributed by atoms with Gasteiger partial charge in [-0.2, -0.15) is 0 Å². The van der Waals surface area contributed by atoms with E-state index in [4.69, 9.17) is 4.74 Å². The summed E-state index contributed by atoms with van der Waals surface area (Å²) in [5.74, 6) is 0.824. The number of ether oxygens (including phenoxy) is 1. The molecule has 1 aliphatic rings. The van der Waals surface area contributed by atoms with Gasteiger partial charge < -0.3 is 9.84 Å². The van der Waals surface area contributed by atoms with Crippen LogP contribution in [0.2, 0.25) is 0 Å². The molecule has 2 rings (SSSR count). The third kappa shape index (κ3) is 5.33. The van der Waals surface area contributed by atoms with E-state index < -0.39 is 6.10 Å². The molecule has 1 aliphatic carbocycles. The fourth-order valence-electron chi connectivity index (χ4n) is 3.20. The summed E-state index contributed by atoms with van der Waals surface area (Å²) < 4.78 is 5.66. The first-order chi connectivity index (χ1) is 10.2. The fraction of sp³-hybridized carbons (Fsp3) is 0.667. The SMILES string of the molecule is CC(C)N(CC(O)COc1ccccc1)C1CCCCC1. The second-order valence-corrected chi connectivity index (χ2v) is 6.36. The second-order valence-electron chi connectivity index (χ2n) is 6.36. The average molecular weight is 291 g/mol. The maximum atomic E-state index is 10.3. The molecule has 1 atom stereocenters. The molecule has 118 valence electrons. The van der Waals surface area contributed by atoms with E-state index >= 15 is 0 Å². The van der Waals surface area contributed by atoms with Gasteiger partial charge in [-0.3, -0.25) is 4.90 Å².